The molecule has 4 rings (SSSR count). The van der Waals surface area contributed by atoms with Crippen LogP contribution in [0, 0.1) is 12.7 Å². The van der Waals surface area contributed by atoms with Gasteiger partial charge in [-0.05, 0) is 60.5 Å². The van der Waals surface area contributed by atoms with E-state index in [0.29, 0.717) is 11.4 Å². The monoisotopic (exact) mass is 442 g/mol. The molecule has 154 valence electrons. The van der Waals surface area contributed by atoms with Gasteiger partial charge < -0.3 is 0 Å². The van der Waals surface area contributed by atoms with Gasteiger partial charge in [0, 0.05) is 11.4 Å². The Morgan fingerprint density at radius 1 is 1.00 bits per heavy atom. The zero-order chi connectivity index (χ0) is 21.3. The molecule has 1 fully saturated rings. The predicted molar refractivity (Wildman–Crippen MR) is 118 cm³/mol. The molecule has 1 aliphatic heterocycles. The van der Waals surface area contributed by atoms with Gasteiger partial charge in [0.15, 0.2) is 0 Å². The first kappa shape index (κ1) is 20.4. The van der Waals surface area contributed by atoms with Crippen LogP contribution in [-0.4, -0.2) is 20.1 Å². The zero-order valence-electron chi connectivity index (χ0n) is 16.1. The molecule has 0 radical (unpaired) electrons. The maximum atomic E-state index is 13.1. The molecule has 0 bridgehead atoms. The Labute approximate surface area is 179 Å². The Bertz CT molecular complexity index is 1180. The fourth-order valence-corrected chi connectivity index (χ4v) is 5.54. The van der Waals surface area contributed by atoms with Crippen molar-refractivity contribution in [3.8, 4) is 0 Å². The molecule has 1 aliphatic rings. The highest BCUT2D eigenvalue weighted by Gasteiger charge is 2.34. The van der Waals surface area contributed by atoms with Crippen LogP contribution in [0.3, 0.4) is 0 Å². The Kier molecular flexibility index (Phi) is 5.53. The van der Waals surface area contributed by atoms with Gasteiger partial charge in [-0.15, -0.1) is 11.8 Å². The summed E-state index contributed by atoms with van der Waals surface area (Å²) in [4.78, 5) is 14.3. The number of hydrogen-bond donors (Lipinski definition) is 1. The number of sulfonamides is 1. The average molecular weight is 443 g/mol. The number of nitrogens with one attached hydrogen (secondary N) is 1. The Balaban J connectivity index is 1.56. The van der Waals surface area contributed by atoms with Crippen LogP contribution < -0.4 is 9.62 Å². The molecule has 3 aromatic rings. The maximum absolute atomic E-state index is 13.1. The lowest BCUT2D eigenvalue weighted by atomic mass is 10.1. The van der Waals surface area contributed by atoms with Gasteiger partial charge in [-0.3, -0.25) is 14.4 Å². The van der Waals surface area contributed by atoms with E-state index >= 15 is 0 Å². The molecule has 0 unspecified atom stereocenters. The highest BCUT2D eigenvalue weighted by Crippen LogP contribution is 2.42. The summed E-state index contributed by atoms with van der Waals surface area (Å²) < 4.78 is 40.5. The van der Waals surface area contributed by atoms with Crippen LogP contribution in [0.4, 0.5) is 15.8 Å². The number of thioether (sulfide) groups is 1. The summed E-state index contributed by atoms with van der Waals surface area (Å²) in [5, 5.41) is -0.179. The highest BCUT2D eigenvalue weighted by molar-refractivity contribution is 8.00. The molecule has 1 N–H and O–H groups in total. The van der Waals surface area contributed by atoms with E-state index in [0.717, 1.165) is 28.9 Å². The minimum atomic E-state index is -3.82. The lowest BCUT2D eigenvalue weighted by Crippen LogP contribution is -2.28. The van der Waals surface area contributed by atoms with Gasteiger partial charge in [0.2, 0.25) is 5.91 Å². The largest absolute Gasteiger partial charge is 0.295 e. The number of para-hydroxylation sites is 1. The molecule has 1 atom stereocenters. The number of aryl methyl sites for hydroxylation is 1. The quantitative estimate of drug-likeness (QED) is 0.621. The highest BCUT2D eigenvalue weighted by atomic mass is 32.2. The smallest absolute Gasteiger partial charge is 0.261 e. The first-order valence-electron chi connectivity index (χ1n) is 9.23. The summed E-state index contributed by atoms with van der Waals surface area (Å²) in [6.07, 6.45) is 0. The van der Waals surface area contributed by atoms with Crippen LogP contribution in [0.1, 0.15) is 16.5 Å². The minimum Gasteiger partial charge on any atom is -0.295 e. The Hall–Kier alpha value is -2.84. The number of nitrogens with zero attached hydrogens (tertiary/aromatic N) is 1. The minimum absolute atomic E-state index is 0.0179. The molecule has 3 aromatic carbocycles. The van der Waals surface area contributed by atoms with Crippen molar-refractivity contribution >= 4 is 39.1 Å². The molecule has 1 saturated heterocycles. The maximum Gasteiger partial charge on any atom is 0.261 e. The number of amides is 1. The van der Waals surface area contributed by atoms with E-state index in [-0.39, 0.29) is 16.2 Å². The van der Waals surface area contributed by atoms with E-state index in [1.807, 2.05) is 43.3 Å². The first-order chi connectivity index (χ1) is 14.3. The van der Waals surface area contributed by atoms with Crippen LogP contribution in [0.5, 0.6) is 0 Å². The van der Waals surface area contributed by atoms with Crippen LogP contribution in [0.15, 0.2) is 77.7 Å². The third-order valence-corrected chi connectivity index (χ3v) is 7.42. The molecular weight excluding hydrogens is 423 g/mol. The number of benzene rings is 3. The van der Waals surface area contributed by atoms with Gasteiger partial charge >= 0.3 is 0 Å². The van der Waals surface area contributed by atoms with Gasteiger partial charge in [-0.25, -0.2) is 12.8 Å². The van der Waals surface area contributed by atoms with Crippen molar-refractivity contribution in [2.45, 2.75) is 17.2 Å². The summed E-state index contributed by atoms with van der Waals surface area (Å²) in [5.41, 5.74) is 3.18. The Morgan fingerprint density at radius 2 is 1.67 bits per heavy atom. The molecule has 0 saturated carbocycles. The predicted octanol–water partition coefficient (Wildman–Crippen LogP) is 4.71. The lowest BCUT2D eigenvalue weighted by Gasteiger charge is -2.26. The van der Waals surface area contributed by atoms with Crippen molar-refractivity contribution in [1.82, 2.24) is 0 Å². The molecule has 1 heterocycles. The molecule has 30 heavy (non-hydrogen) atoms. The van der Waals surface area contributed by atoms with E-state index < -0.39 is 15.8 Å². The van der Waals surface area contributed by atoms with Crippen LogP contribution in [0.25, 0.3) is 0 Å². The SMILES string of the molecule is Cc1ccccc1N1C(=O)CS[C@@H]1c1ccc(NS(=O)(=O)c2ccc(F)cc2)cc1. The number of hydrogen-bond acceptors (Lipinski definition) is 4. The third kappa shape index (κ3) is 4.06. The second-order valence-electron chi connectivity index (χ2n) is 6.90. The lowest BCUT2D eigenvalue weighted by molar-refractivity contribution is -0.115. The van der Waals surface area contributed by atoms with Crippen molar-refractivity contribution in [3.63, 3.8) is 0 Å². The van der Waals surface area contributed by atoms with Crippen molar-refractivity contribution in [1.29, 1.82) is 0 Å². The van der Waals surface area contributed by atoms with E-state index in [1.54, 1.807) is 17.0 Å². The second-order valence-corrected chi connectivity index (χ2v) is 9.65. The summed E-state index contributed by atoms with van der Waals surface area (Å²) in [6.45, 7) is 1.97. The van der Waals surface area contributed by atoms with Crippen molar-refractivity contribution in [2.24, 2.45) is 0 Å². The fourth-order valence-electron chi connectivity index (χ4n) is 3.31. The van der Waals surface area contributed by atoms with E-state index in [4.69, 9.17) is 0 Å². The zero-order valence-corrected chi connectivity index (χ0v) is 17.7. The molecule has 0 spiro atoms. The van der Waals surface area contributed by atoms with Gasteiger partial charge in [0.1, 0.15) is 11.2 Å². The molecule has 8 heteroatoms. The van der Waals surface area contributed by atoms with Gasteiger partial charge in [-0.1, -0.05) is 30.3 Å². The topological polar surface area (TPSA) is 66.5 Å². The van der Waals surface area contributed by atoms with Crippen LogP contribution >= 0.6 is 11.8 Å². The molecule has 5 nitrogen and oxygen atoms in total. The molecule has 0 aromatic heterocycles. The molecule has 0 aliphatic carbocycles. The first-order valence-corrected chi connectivity index (χ1v) is 11.8. The van der Waals surface area contributed by atoms with E-state index in [9.17, 15) is 17.6 Å². The van der Waals surface area contributed by atoms with Crippen molar-refractivity contribution in [2.75, 3.05) is 15.4 Å². The molecule has 1 amide bonds. The number of carbonyl (C=O) groups excluding carboxylic acids is 1. The number of halogens is 1. The van der Waals surface area contributed by atoms with Gasteiger partial charge in [-0.2, -0.15) is 0 Å². The summed E-state index contributed by atoms with van der Waals surface area (Å²) in [7, 11) is -3.82. The van der Waals surface area contributed by atoms with Crippen LogP contribution in [-0.2, 0) is 14.8 Å². The number of carbonyl (C=O) groups is 1. The third-order valence-electron chi connectivity index (χ3n) is 4.81. The summed E-state index contributed by atoms with van der Waals surface area (Å²) >= 11 is 1.53. The fraction of sp³-hybridized carbons (Fsp3) is 0.136. The Morgan fingerprint density at radius 3 is 2.33 bits per heavy atom. The van der Waals surface area contributed by atoms with Crippen molar-refractivity contribution < 1.29 is 17.6 Å². The van der Waals surface area contributed by atoms with Crippen LogP contribution in [0.2, 0.25) is 0 Å². The van der Waals surface area contributed by atoms with Gasteiger partial charge in [0.05, 0.1) is 10.6 Å². The molecular formula is C22H19FN2O3S2. The number of anilines is 2. The average Bonchev–Trinajstić information content (AvgIpc) is 3.10. The second kappa shape index (κ2) is 8.12. The van der Waals surface area contributed by atoms with E-state index in [2.05, 4.69) is 4.72 Å². The number of rotatable bonds is 5. The summed E-state index contributed by atoms with van der Waals surface area (Å²) in [6, 6.07) is 19.3. The van der Waals surface area contributed by atoms with Gasteiger partial charge in [0.25, 0.3) is 10.0 Å². The van der Waals surface area contributed by atoms with E-state index in [1.165, 1.54) is 23.9 Å². The standard InChI is InChI=1S/C22H19FN2O3S2/c1-15-4-2-3-5-20(15)25-21(26)14-29-22(25)16-6-10-18(11-7-16)24-30(27,28)19-12-8-17(23)9-13-19/h2-13,22,24H,14H2,1H3/t22-/m1/s1. The summed E-state index contributed by atoms with van der Waals surface area (Å²) in [5.74, 6) is -0.0710. The normalized spacial score (nSPS) is 16.7. The van der Waals surface area contributed by atoms with Crippen molar-refractivity contribution in [3.05, 3.63) is 89.7 Å².